The molecule has 14 heavy (non-hydrogen) atoms. The average molecular weight is 185 g/mol. The highest BCUT2D eigenvalue weighted by atomic mass is 16.1. The highest BCUT2D eigenvalue weighted by molar-refractivity contribution is 5.79. The first-order valence-corrected chi connectivity index (χ1v) is 4.29. The van der Waals surface area contributed by atoms with Gasteiger partial charge in [-0.25, -0.2) is 4.98 Å². The minimum Gasteiger partial charge on any atom is -0.339 e. The number of hydrogen-bond donors (Lipinski definition) is 1. The lowest BCUT2D eigenvalue weighted by Crippen LogP contribution is -2.12. The van der Waals surface area contributed by atoms with Crippen LogP contribution in [0.1, 0.15) is 0 Å². The summed E-state index contributed by atoms with van der Waals surface area (Å²) in [7, 11) is 0. The Balaban J connectivity index is 2.70. The summed E-state index contributed by atoms with van der Waals surface area (Å²) < 4.78 is 1.50. The molecule has 0 amide bonds. The van der Waals surface area contributed by atoms with Gasteiger partial charge in [-0.05, 0) is 12.1 Å². The van der Waals surface area contributed by atoms with E-state index in [1.165, 1.54) is 10.7 Å². The number of para-hydroxylation sites is 1. The lowest BCUT2D eigenvalue weighted by atomic mass is 10.2. The molecule has 4 heteroatoms. The smallest absolute Gasteiger partial charge is 0.266 e. The number of aromatic nitrogens is 3. The Hall–Kier alpha value is -2.10. The predicted molar refractivity (Wildman–Crippen MR) is 53.3 cm³/mol. The minimum atomic E-state index is -0.0353. The maximum Gasteiger partial charge on any atom is 0.266 e. The van der Waals surface area contributed by atoms with Crippen molar-refractivity contribution in [1.29, 1.82) is 0 Å². The standard InChI is InChI=1S/C10H7N3O/c14-10-7-3-1-2-4-8(7)12-9-5-11-6-13(9)10/h1-6,12H. The Morgan fingerprint density at radius 1 is 1.29 bits per heavy atom. The number of fused-ring (bicyclic) bond motifs is 2. The fourth-order valence-corrected chi connectivity index (χ4v) is 1.60. The monoisotopic (exact) mass is 185 g/mol. The Bertz CT molecular complexity index is 665. The first-order chi connectivity index (χ1) is 6.86. The van der Waals surface area contributed by atoms with E-state index in [1.54, 1.807) is 12.3 Å². The molecule has 0 saturated heterocycles. The van der Waals surface area contributed by atoms with Crippen molar-refractivity contribution in [1.82, 2.24) is 14.4 Å². The van der Waals surface area contributed by atoms with Gasteiger partial charge in [0.1, 0.15) is 12.0 Å². The third kappa shape index (κ3) is 0.821. The SMILES string of the molecule is O=c1c2ccccc2[nH]c2cncn12. The first-order valence-electron chi connectivity index (χ1n) is 4.29. The molecule has 4 nitrogen and oxygen atoms in total. The zero-order chi connectivity index (χ0) is 9.54. The molecule has 0 unspecified atom stereocenters. The lowest BCUT2D eigenvalue weighted by molar-refractivity contribution is 1.08. The molecule has 0 spiro atoms. The van der Waals surface area contributed by atoms with Crippen molar-refractivity contribution in [3.05, 3.63) is 47.1 Å². The molecule has 0 saturated carbocycles. The lowest BCUT2D eigenvalue weighted by Gasteiger charge is -1.98. The molecule has 0 aliphatic heterocycles. The summed E-state index contributed by atoms with van der Waals surface area (Å²) in [6, 6.07) is 7.42. The van der Waals surface area contributed by atoms with Crippen LogP contribution < -0.4 is 5.56 Å². The molecule has 1 aromatic carbocycles. The normalized spacial score (nSPS) is 11.1. The van der Waals surface area contributed by atoms with Crippen LogP contribution in [-0.4, -0.2) is 14.4 Å². The van der Waals surface area contributed by atoms with Crippen LogP contribution in [-0.2, 0) is 0 Å². The highest BCUT2D eigenvalue weighted by Gasteiger charge is 2.02. The molecular weight excluding hydrogens is 178 g/mol. The van der Waals surface area contributed by atoms with Gasteiger partial charge in [0.15, 0.2) is 0 Å². The summed E-state index contributed by atoms with van der Waals surface area (Å²) in [5.41, 5.74) is 1.52. The number of hydrogen-bond acceptors (Lipinski definition) is 2. The fraction of sp³-hybridized carbons (Fsp3) is 0. The van der Waals surface area contributed by atoms with E-state index in [0.29, 0.717) is 11.0 Å². The van der Waals surface area contributed by atoms with Crippen LogP contribution in [0.4, 0.5) is 0 Å². The molecule has 2 aromatic heterocycles. The Kier molecular flexibility index (Phi) is 1.28. The Morgan fingerprint density at radius 3 is 3.07 bits per heavy atom. The van der Waals surface area contributed by atoms with E-state index in [0.717, 1.165) is 5.52 Å². The zero-order valence-corrected chi connectivity index (χ0v) is 7.27. The molecule has 3 rings (SSSR count). The van der Waals surface area contributed by atoms with Gasteiger partial charge in [0.05, 0.1) is 17.1 Å². The summed E-state index contributed by atoms with van der Waals surface area (Å²) in [5, 5.41) is 0.679. The molecule has 68 valence electrons. The van der Waals surface area contributed by atoms with Crippen LogP contribution in [0, 0.1) is 0 Å². The van der Waals surface area contributed by atoms with Crippen LogP contribution in [0.25, 0.3) is 16.6 Å². The topological polar surface area (TPSA) is 50.2 Å². The van der Waals surface area contributed by atoms with Gasteiger partial charge in [-0.2, -0.15) is 0 Å². The van der Waals surface area contributed by atoms with Crippen LogP contribution in [0.2, 0.25) is 0 Å². The van der Waals surface area contributed by atoms with Crippen LogP contribution in [0.3, 0.4) is 0 Å². The largest absolute Gasteiger partial charge is 0.339 e. The number of nitrogens with one attached hydrogen (secondary N) is 1. The molecule has 2 heterocycles. The summed E-state index contributed by atoms with van der Waals surface area (Å²) in [6.07, 6.45) is 3.15. The number of aromatic amines is 1. The molecule has 1 N–H and O–H groups in total. The molecule has 0 radical (unpaired) electrons. The van der Waals surface area contributed by atoms with E-state index in [9.17, 15) is 4.79 Å². The number of imidazole rings is 1. The second-order valence-corrected chi connectivity index (χ2v) is 3.12. The minimum absolute atomic E-state index is 0.0353. The van der Waals surface area contributed by atoms with E-state index >= 15 is 0 Å². The van der Waals surface area contributed by atoms with Gasteiger partial charge >= 0.3 is 0 Å². The molecule has 0 bridgehead atoms. The number of nitrogens with zero attached hydrogens (tertiary/aromatic N) is 2. The van der Waals surface area contributed by atoms with Gasteiger partial charge in [0.25, 0.3) is 5.56 Å². The Morgan fingerprint density at radius 2 is 2.14 bits per heavy atom. The van der Waals surface area contributed by atoms with E-state index in [-0.39, 0.29) is 5.56 Å². The number of rotatable bonds is 0. The highest BCUT2D eigenvalue weighted by Crippen LogP contribution is 2.07. The van der Waals surface area contributed by atoms with Crippen LogP contribution in [0.5, 0.6) is 0 Å². The van der Waals surface area contributed by atoms with Gasteiger partial charge in [-0.3, -0.25) is 9.20 Å². The van der Waals surface area contributed by atoms with Gasteiger partial charge in [0.2, 0.25) is 0 Å². The van der Waals surface area contributed by atoms with Crippen molar-refractivity contribution in [3.8, 4) is 0 Å². The van der Waals surface area contributed by atoms with Crippen LogP contribution >= 0.6 is 0 Å². The van der Waals surface area contributed by atoms with E-state index in [1.807, 2.05) is 18.2 Å². The molecule has 0 fully saturated rings. The van der Waals surface area contributed by atoms with Crippen molar-refractivity contribution >= 4 is 16.6 Å². The molecular formula is C10H7N3O. The van der Waals surface area contributed by atoms with Crippen molar-refractivity contribution in [3.63, 3.8) is 0 Å². The number of H-pyrrole nitrogens is 1. The number of benzene rings is 1. The quantitative estimate of drug-likeness (QED) is 0.571. The van der Waals surface area contributed by atoms with Gasteiger partial charge < -0.3 is 4.98 Å². The van der Waals surface area contributed by atoms with Crippen molar-refractivity contribution in [2.75, 3.05) is 0 Å². The summed E-state index contributed by atoms with van der Waals surface area (Å²) in [6.45, 7) is 0. The van der Waals surface area contributed by atoms with Crippen molar-refractivity contribution in [2.45, 2.75) is 0 Å². The Labute approximate surface area is 78.8 Å². The first kappa shape index (κ1) is 7.32. The van der Waals surface area contributed by atoms with Gasteiger partial charge in [-0.1, -0.05) is 12.1 Å². The van der Waals surface area contributed by atoms with E-state index < -0.39 is 0 Å². The maximum atomic E-state index is 11.9. The predicted octanol–water partition coefficient (Wildman–Crippen LogP) is 1.18. The second kappa shape index (κ2) is 2.45. The third-order valence-electron chi connectivity index (χ3n) is 2.28. The molecule has 0 aliphatic carbocycles. The summed E-state index contributed by atoms with van der Waals surface area (Å²) >= 11 is 0. The van der Waals surface area contributed by atoms with E-state index in [2.05, 4.69) is 9.97 Å². The third-order valence-corrected chi connectivity index (χ3v) is 2.28. The fourth-order valence-electron chi connectivity index (χ4n) is 1.60. The van der Waals surface area contributed by atoms with Crippen LogP contribution in [0.15, 0.2) is 41.6 Å². The molecule has 3 aromatic rings. The summed E-state index contributed by atoms with van der Waals surface area (Å²) in [4.78, 5) is 18.9. The second-order valence-electron chi connectivity index (χ2n) is 3.12. The maximum absolute atomic E-state index is 11.9. The van der Waals surface area contributed by atoms with Gasteiger partial charge in [0, 0.05) is 0 Å². The average Bonchev–Trinajstić information content (AvgIpc) is 2.66. The molecule has 0 atom stereocenters. The van der Waals surface area contributed by atoms with Crippen molar-refractivity contribution < 1.29 is 0 Å². The van der Waals surface area contributed by atoms with E-state index in [4.69, 9.17) is 0 Å². The van der Waals surface area contributed by atoms with Crippen molar-refractivity contribution in [2.24, 2.45) is 0 Å². The van der Waals surface area contributed by atoms with Gasteiger partial charge in [-0.15, -0.1) is 0 Å². The summed E-state index contributed by atoms with van der Waals surface area (Å²) in [5.74, 6) is 0. The zero-order valence-electron chi connectivity index (χ0n) is 7.27. The molecule has 0 aliphatic rings.